The van der Waals surface area contributed by atoms with E-state index in [1.54, 1.807) is 0 Å². The van der Waals surface area contributed by atoms with E-state index in [1.807, 2.05) is 59.3 Å². The molecule has 5 rings (SSSR count). The Bertz CT molecular complexity index is 1340. The topological polar surface area (TPSA) is 54.8 Å². The van der Waals surface area contributed by atoms with Crippen LogP contribution in [0.25, 0.3) is 27.6 Å². The molecule has 0 unspecified atom stereocenters. The van der Waals surface area contributed by atoms with E-state index in [-0.39, 0.29) is 0 Å². The van der Waals surface area contributed by atoms with Gasteiger partial charge in [-0.15, -0.1) is 0 Å². The van der Waals surface area contributed by atoms with E-state index in [0.29, 0.717) is 17.1 Å². The summed E-state index contributed by atoms with van der Waals surface area (Å²) >= 11 is 0. The molecular weight excluding hydrogens is 366 g/mol. The van der Waals surface area contributed by atoms with Crippen molar-refractivity contribution in [2.75, 3.05) is 5.73 Å². The van der Waals surface area contributed by atoms with Crippen LogP contribution in [0.1, 0.15) is 11.3 Å². The molecule has 3 heteroatoms. The Kier molecular flexibility index (Phi) is 4.41. The highest BCUT2D eigenvalue weighted by Gasteiger charge is 2.15. The summed E-state index contributed by atoms with van der Waals surface area (Å²) in [6, 6.07) is 34.7. The minimum atomic E-state index is 0.408. The average Bonchev–Trinajstić information content (AvgIpc) is 3.20. The van der Waals surface area contributed by atoms with Gasteiger partial charge in [0.05, 0.1) is 17.1 Å². The van der Waals surface area contributed by atoms with E-state index >= 15 is 0 Å². The molecule has 0 aliphatic heterocycles. The molecule has 1 aromatic heterocycles. The molecule has 0 spiro atoms. The summed E-state index contributed by atoms with van der Waals surface area (Å²) in [5.74, 6) is 0. The van der Waals surface area contributed by atoms with Crippen LogP contribution >= 0.6 is 0 Å². The molecule has 30 heavy (non-hydrogen) atoms. The van der Waals surface area contributed by atoms with Crippen LogP contribution in [-0.2, 0) is 0 Å². The van der Waals surface area contributed by atoms with Crippen molar-refractivity contribution in [3.8, 4) is 16.8 Å². The second-order valence-corrected chi connectivity index (χ2v) is 7.30. The second kappa shape index (κ2) is 7.37. The molecule has 3 nitrogen and oxygen atoms in total. The van der Waals surface area contributed by atoms with Gasteiger partial charge in [-0.25, -0.2) is 0 Å². The van der Waals surface area contributed by atoms with Crippen LogP contribution < -0.4 is 5.73 Å². The maximum absolute atomic E-state index is 8.82. The lowest BCUT2D eigenvalue weighted by molar-refractivity contribution is 1.06. The number of fused-ring (bicyclic) bond motifs is 1. The van der Waals surface area contributed by atoms with Crippen molar-refractivity contribution >= 4 is 22.2 Å². The Hall–Kier alpha value is -4.11. The van der Waals surface area contributed by atoms with Gasteiger partial charge in [0.15, 0.2) is 0 Å². The average molecular weight is 387 g/mol. The Morgan fingerprint density at radius 2 is 1.40 bits per heavy atom. The van der Waals surface area contributed by atoms with E-state index < -0.39 is 0 Å². The van der Waals surface area contributed by atoms with Gasteiger partial charge in [-0.1, -0.05) is 84.9 Å². The first-order valence-corrected chi connectivity index (χ1v) is 9.92. The van der Waals surface area contributed by atoms with Gasteiger partial charge in [-0.2, -0.15) is 0 Å². The molecule has 5 aromatic rings. The molecule has 0 radical (unpaired) electrons. The normalized spacial score (nSPS) is 10.9. The first-order valence-electron chi connectivity index (χ1n) is 9.92. The maximum Gasteiger partial charge on any atom is 0.0945 e. The van der Waals surface area contributed by atoms with Crippen LogP contribution in [0, 0.1) is 5.41 Å². The number of nitrogens with one attached hydrogen (secondary N) is 1. The molecule has 3 N–H and O–H groups in total. The predicted molar refractivity (Wildman–Crippen MR) is 125 cm³/mol. The number of nitrogen functional groups attached to an aromatic ring is 1. The number of hydrogen-bond acceptors (Lipinski definition) is 2. The van der Waals surface area contributed by atoms with Gasteiger partial charge in [-0.3, -0.25) is 5.41 Å². The smallest absolute Gasteiger partial charge is 0.0945 e. The molecule has 0 atom stereocenters. The van der Waals surface area contributed by atoms with Crippen LogP contribution in [0.15, 0.2) is 109 Å². The zero-order valence-corrected chi connectivity index (χ0v) is 16.4. The summed E-state index contributed by atoms with van der Waals surface area (Å²) in [7, 11) is 0. The fourth-order valence-corrected chi connectivity index (χ4v) is 3.95. The van der Waals surface area contributed by atoms with Gasteiger partial charge in [0.2, 0.25) is 0 Å². The van der Waals surface area contributed by atoms with E-state index in [4.69, 9.17) is 11.1 Å². The predicted octanol–water partition coefficient (Wildman–Crippen LogP) is 6.30. The Labute approximate surface area is 175 Å². The molecular formula is C27H21N3. The van der Waals surface area contributed by atoms with Gasteiger partial charge in [-0.05, 0) is 40.1 Å². The third kappa shape index (κ3) is 3.07. The van der Waals surface area contributed by atoms with E-state index in [2.05, 4.69) is 54.6 Å². The monoisotopic (exact) mass is 387 g/mol. The summed E-state index contributed by atoms with van der Waals surface area (Å²) in [6.45, 7) is 0. The Balaban J connectivity index is 1.53. The third-order valence-electron chi connectivity index (χ3n) is 5.46. The minimum Gasteiger partial charge on any atom is -0.397 e. The SMILES string of the molecule is N=C(c1ccc(-c2cccc3ccccc23)cc1)c1c(N)ccn1-c1ccccc1. The standard InChI is InChI=1S/C27H21N3/c28-25-17-18-30(22-9-2-1-3-10-22)27(25)26(29)21-15-13-20(14-16-21)24-12-6-8-19-7-4-5-11-23(19)24/h1-18,29H,28H2. The van der Waals surface area contributed by atoms with E-state index in [1.165, 1.54) is 16.3 Å². The zero-order valence-electron chi connectivity index (χ0n) is 16.4. The molecule has 0 aliphatic rings. The van der Waals surface area contributed by atoms with Crippen LogP contribution in [0.4, 0.5) is 5.69 Å². The molecule has 0 saturated heterocycles. The van der Waals surface area contributed by atoms with Gasteiger partial charge in [0.1, 0.15) is 0 Å². The largest absolute Gasteiger partial charge is 0.397 e. The number of benzene rings is 4. The molecule has 0 amide bonds. The molecule has 144 valence electrons. The first kappa shape index (κ1) is 18.0. The lowest BCUT2D eigenvalue weighted by atomic mass is 9.96. The van der Waals surface area contributed by atoms with Crippen molar-refractivity contribution < 1.29 is 0 Å². The Morgan fingerprint density at radius 1 is 0.700 bits per heavy atom. The summed E-state index contributed by atoms with van der Waals surface area (Å²) < 4.78 is 1.97. The lowest BCUT2D eigenvalue weighted by Gasteiger charge is -2.13. The van der Waals surface area contributed by atoms with E-state index in [0.717, 1.165) is 16.8 Å². The number of nitrogens with zero attached hydrogens (tertiary/aromatic N) is 1. The van der Waals surface area contributed by atoms with Gasteiger partial charge in [0.25, 0.3) is 0 Å². The van der Waals surface area contributed by atoms with Crippen molar-refractivity contribution in [2.24, 2.45) is 0 Å². The van der Waals surface area contributed by atoms with Crippen LogP contribution in [-0.4, -0.2) is 10.3 Å². The maximum atomic E-state index is 8.82. The lowest BCUT2D eigenvalue weighted by Crippen LogP contribution is -2.10. The number of para-hydroxylation sites is 1. The number of hydrogen-bond donors (Lipinski definition) is 2. The van der Waals surface area contributed by atoms with Gasteiger partial charge in [0, 0.05) is 17.4 Å². The zero-order chi connectivity index (χ0) is 20.5. The van der Waals surface area contributed by atoms with Crippen molar-refractivity contribution in [1.29, 1.82) is 5.41 Å². The molecule has 4 aromatic carbocycles. The molecule has 0 fully saturated rings. The highest BCUT2D eigenvalue weighted by molar-refractivity contribution is 6.13. The van der Waals surface area contributed by atoms with Crippen LogP contribution in [0.3, 0.4) is 0 Å². The van der Waals surface area contributed by atoms with Crippen molar-refractivity contribution in [1.82, 2.24) is 4.57 Å². The Morgan fingerprint density at radius 3 is 2.20 bits per heavy atom. The highest BCUT2D eigenvalue weighted by Crippen LogP contribution is 2.29. The fraction of sp³-hybridized carbons (Fsp3) is 0. The summed E-state index contributed by atoms with van der Waals surface area (Å²) in [4.78, 5) is 0. The van der Waals surface area contributed by atoms with Crippen LogP contribution in [0.5, 0.6) is 0 Å². The van der Waals surface area contributed by atoms with E-state index in [9.17, 15) is 0 Å². The second-order valence-electron chi connectivity index (χ2n) is 7.30. The summed E-state index contributed by atoms with van der Waals surface area (Å²) in [5, 5.41) is 11.3. The quantitative estimate of drug-likeness (QED) is 0.350. The summed E-state index contributed by atoms with van der Waals surface area (Å²) in [6.07, 6.45) is 1.92. The van der Waals surface area contributed by atoms with Crippen molar-refractivity contribution in [2.45, 2.75) is 0 Å². The van der Waals surface area contributed by atoms with Gasteiger partial charge < -0.3 is 10.3 Å². The molecule has 0 saturated carbocycles. The van der Waals surface area contributed by atoms with Crippen molar-refractivity contribution in [3.63, 3.8) is 0 Å². The third-order valence-corrected chi connectivity index (χ3v) is 5.46. The molecule has 0 bridgehead atoms. The number of anilines is 1. The number of aromatic nitrogens is 1. The van der Waals surface area contributed by atoms with Gasteiger partial charge >= 0.3 is 0 Å². The number of rotatable bonds is 4. The minimum absolute atomic E-state index is 0.408. The van der Waals surface area contributed by atoms with Crippen molar-refractivity contribution in [3.05, 3.63) is 121 Å². The molecule has 0 aliphatic carbocycles. The first-order chi connectivity index (χ1) is 14.7. The molecule has 1 heterocycles. The summed E-state index contributed by atoms with van der Waals surface area (Å²) in [5.41, 5.74) is 12.1. The highest BCUT2D eigenvalue weighted by atomic mass is 15.0. The van der Waals surface area contributed by atoms with Crippen LogP contribution in [0.2, 0.25) is 0 Å². The fourth-order valence-electron chi connectivity index (χ4n) is 3.95. The number of nitrogens with two attached hydrogens (primary N) is 1.